The molecule has 106 valence electrons. The van der Waals surface area contributed by atoms with Gasteiger partial charge in [0.25, 0.3) is 5.91 Å². The Hall–Kier alpha value is -2.30. The average molecular weight is 275 g/mol. The Morgan fingerprint density at radius 1 is 1.25 bits per heavy atom. The summed E-state index contributed by atoms with van der Waals surface area (Å²) in [7, 11) is 0. The molecular weight excluding hydrogens is 258 g/mol. The van der Waals surface area contributed by atoms with Crippen molar-refractivity contribution >= 4 is 22.8 Å². The predicted molar refractivity (Wildman–Crippen MR) is 74.6 cm³/mol. The molecular formula is C15H17NO4. The lowest BCUT2D eigenvalue weighted by atomic mass is 10.0. The molecule has 1 heterocycles. The van der Waals surface area contributed by atoms with Crippen LogP contribution in [0.5, 0.6) is 0 Å². The van der Waals surface area contributed by atoms with Gasteiger partial charge in [-0.3, -0.25) is 9.59 Å². The Morgan fingerprint density at radius 3 is 2.50 bits per heavy atom. The Bertz CT molecular complexity index is 651. The van der Waals surface area contributed by atoms with E-state index in [0.717, 1.165) is 0 Å². The molecule has 1 aromatic carbocycles. The fourth-order valence-electron chi connectivity index (χ4n) is 2.04. The van der Waals surface area contributed by atoms with E-state index in [0.29, 0.717) is 16.5 Å². The maximum absolute atomic E-state index is 12.6. The normalized spacial score (nSPS) is 11.6. The zero-order valence-corrected chi connectivity index (χ0v) is 11.7. The van der Waals surface area contributed by atoms with Gasteiger partial charge < -0.3 is 14.4 Å². The third-order valence-electron chi connectivity index (χ3n) is 3.06. The number of hydrogen-bond acceptors (Lipinski definition) is 3. The minimum absolute atomic E-state index is 0.343. The van der Waals surface area contributed by atoms with Crippen LogP contribution in [0.4, 0.5) is 0 Å². The molecule has 2 aromatic rings. The van der Waals surface area contributed by atoms with Crippen LogP contribution in [0.15, 0.2) is 34.9 Å². The number of aliphatic carboxylic acids is 1. The minimum Gasteiger partial charge on any atom is -0.480 e. The molecule has 20 heavy (non-hydrogen) atoms. The summed E-state index contributed by atoms with van der Waals surface area (Å²) < 4.78 is 5.34. The molecule has 2 rings (SSSR count). The van der Waals surface area contributed by atoms with Crippen LogP contribution >= 0.6 is 0 Å². The van der Waals surface area contributed by atoms with Gasteiger partial charge in [-0.25, -0.2) is 0 Å². The number of hydrogen-bond donors (Lipinski definition) is 1. The molecule has 0 aliphatic carbocycles. The third kappa shape index (κ3) is 2.66. The SMILES string of the molecule is CC(C)(C)N(CC(=O)O)C(=O)c1coc2ccccc12. The molecule has 0 saturated carbocycles. The summed E-state index contributed by atoms with van der Waals surface area (Å²) in [5, 5.41) is 9.68. The molecule has 0 spiro atoms. The summed E-state index contributed by atoms with van der Waals surface area (Å²) in [6.45, 7) is 5.06. The highest BCUT2D eigenvalue weighted by Crippen LogP contribution is 2.25. The number of nitrogens with zero attached hydrogens (tertiary/aromatic N) is 1. The van der Waals surface area contributed by atoms with Crippen molar-refractivity contribution in [1.29, 1.82) is 0 Å². The van der Waals surface area contributed by atoms with Crippen LogP contribution in [0.2, 0.25) is 0 Å². The van der Waals surface area contributed by atoms with Crippen LogP contribution in [-0.2, 0) is 4.79 Å². The molecule has 0 radical (unpaired) electrons. The van der Waals surface area contributed by atoms with Gasteiger partial charge in [0.1, 0.15) is 18.4 Å². The summed E-state index contributed by atoms with van der Waals surface area (Å²) in [6, 6.07) is 7.19. The smallest absolute Gasteiger partial charge is 0.323 e. The summed E-state index contributed by atoms with van der Waals surface area (Å²) in [5.74, 6) is -1.38. The zero-order valence-electron chi connectivity index (χ0n) is 11.7. The number of rotatable bonds is 3. The minimum atomic E-state index is -1.04. The highest BCUT2D eigenvalue weighted by atomic mass is 16.4. The van der Waals surface area contributed by atoms with E-state index in [4.69, 9.17) is 9.52 Å². The quantitative estimate of drug-likeness (QED) is 0.935. The summed E-state index contributed by atoms with van der Waals surface area (Å²) in [4.78, 5) is 24.9. The van der Waals surface area contributed by atoms with E-state index in [1.165, 1.54) is 11.2 Å². The van der Waals surface area contributed by atoms with Crippen molar-refractivity contribution in [3.05, 3.63) is 36.1 Å². The number of amides is 1. The van der Waals surface area contributed by atoms with Crippen LogP contribution in [0, 0.1) is 0 Å². The first kappa shape index (κ1) is 14.1. The monoisotopic (exact) mass is 275 g/mol. The van der Waals surface area contributed by atoms with Crippen LogP contribution in [-0.4, -0.2) is 34.0 Å². The van der Waals surface area contributed by atoms with Gasteiger partial charge in [-0.15, -0.1) is 0 Å². The number of carboxylic acids is 1. The topological polar surface area (TPSA) is 70.8 Å². The molecule has 0 unspecified atom stereocenters. The lowest BCUT2D eigenvalue weighted by Crippen LogP contribution is -2.48. The Morgan fingerprint density at radius 2 is 1.90 bits per heavy atom. The number of benzene rings is 1. The van der Waals surface area contributed by atoms with Crippen molar-refractivity contribution in [2.24, 2.45) is 0 Å². The van der Waals surface area contributed by atoms with Gasteiger partial charge in [0, 0.05) is 10.9 Å². The van der Waals surface area contributed by atoms with E-state index in [1.807, 2.05) is 12.1 Å². The van der Waals surface area contributed by atoms with Crippen molar-refractivity contribution in [2.45, 2.75) is 26.3 Å². The largest absolute Gasteiger partial charge is 0.480 e. The Kier molecular flexibility index (Phi) is 3.53. The van der Waals surface area contributed by atoms with Crippen molar-refractivity contribution in [1.82, 2.24) is 4.90 Å². The summed E-state index contributed by atoms with van der Waals surface area (Å²) >= 11 is 0. The molecule has 5 heteroatoms. The van der Waals surface area contributed by atoms with Crippen LogP contribution in [0.3, 0.4) is 0 Å². The van der Waals surface area contributed by atoms with Crippen molar-refractivity contribution in [2.75, 3.05) is 6.54 Å². The van der Waals surface area contributed by atoms with E-state index in [-0.39, 0.29) is 12.5 Å². The third-order valence-corrected chi connectivity index (χ3v) is 3.06. The van der Waals surface area contributed by atoms with E-state index < -0.39 is 11.5 Å². The molecule has 1 aromatic heterocycles. The van der Waals surface area contributed by atoms with Crippen molar-refractivity contribution < 1.29 is 19.1 Å². The fraction of sp³-hybridized carbons (Fsp3) is 0.333. The number of carbonyl (C=O) groups is 2. The summed E-state index contributed by atoms with van der Waals surface area (Å²) in [5.41, 5.74) is 0.408. The van der Waals surface area contributed by atoms with Crippen LogP contribution in [0.1, 0.15) is 31.1 Å². The molecule has 1 amide bonds. The van der Waals surface area contributed by atoms with E-state index >= 15 is 0 Å². The second-order valence-electron chi connectivity index (χ2n) is 5.60. The second-order valence-corrected chi connectivity index (χ2v) is 5.60. The van der Waals surface area contributed by atoms with Gasteiger partial charge in [-0.1, -0.05) is 18.2 Å². The molecule has 1 N–H and O–H groups in total. The van der Waals surface area contributed by atoms with Gasteiger partial charge in [-0.05, 0) is 26.8 Å². The van der Waals surface area contributed by atoms with Gasteiger partial charge in [0.15, 0.2) is 0 Å². The highest BCUT2D eigenvalue weighted by molar-refractivity contribution is 6.06. The molecule has 0 saturated heterocycles. The number of furan rings is 1. The van der Waals surface area contributed by atoms with E-state index in [2.05, 4.69) is 0 Å². The maximum Gasteiger partial charge on any atom is 0.323 e. The number of carboxylic acid groups (broad SMARTS) is 1. The second kappa shape index (κ2) is 5.00. The molecule has 0 aliphatic heterocycles. The van der Waals surface area contributed by atoms with Crippen molar-refractivity contribution in [3.8, 4) is 0 Å². The highest BCUT2D eigenvalue weighted by Gasteiger charge is 2.30. The van der Waals surface area contributed by atoms with Crippen LogP contribution in [0.25, 0.3) is 11.0 Å². The molecule has 0 atom stereocenters. The molecule has 5 nitrogen and oxygen atoms in total. The van der Waals surface area contributed by atoms with E-state index in [9.17, 15) is 9.59 Å². The van der Waals surface area contributed by atoms with Crippen molar-refractivity contribution in [3.63, 3.8) is 0 Å². The lowest BCUT2D eigenvalue weighted by molar-refractivity contribution is -0.138. The fourth-order valence-corrected chi connectivity index (χ4v) is 2.04. The standard InChI is InChI=1S/C15H17NO4/c1-15(2,3)16(8-13(17)18)14(19)11-9-20-12-7-5-4-6-10(11)12/h4-7,9H,8H2,1-3H3,(H,17,18). The summed E-state index contributed by atoms with van der Waals surface area (Å²) in [6.07, 6.45) is 1.38. The first-order valence-electron chi connectivity index (χ1n) is 6.30. The molecule has 0 fully saturated rings. The van der Waals surface area contributed by atoms with Gasteiger partial charge in [-0.2, -0.15) is 0 Å². The molecule has 0 aliphatic rings. The first-order chi connectivity index (χ1) is 9.30. The van der Waals surface area contributed by atoms with Gasteiger partial charge in [0.2, 0.25) is 0 Å². The van der Waals surface area contributed by atoms with Gasteiger partial charge in [0.05, 0.1) is 5.56 Å². The Labute approximate surface area is 116 Å². The number of para-hydroxylation sites is 1. The maximum atomic E-state index is 12.6. The molecule has 0 bridgehead atoms. The first-order valence-corrected chi connectivity index (χ1v) is 6.30. The Balaban J connectivity index is 2.44. The number of fused-ring (bicyclic) bond motifs is 1. The van der Waals surface area contributed by atoms with Crippen LogP contribution < -0.4 is 0 Å². The lowest BCUT2D eigenvalue weighted by Gasteiger charge is -2.34. The van der Waals surface area contributed by atoms with Gasteiger partial charge >= 0.3 is 5.97 Å². The number of carbonyl (C=O) groups excluding carboxylic acids is 1. The average Bonchev–Trinajstić information content (AvgIpc) is 2.77. The van der Waals surface area contributed by atoms with E-state index in [1.54, 1.807) is 32.9 Å². The zero-order chi connectivity index (χ0) is 14.9. The predicted octanol–water partition coefficient (Wildman–Crippen LogP) is 2.76.